The number of hydrogen-bond acceptors (Lipinski definition) is 4. The number of nitrogens with two attached hydrogens (primary N) is 1. The largest absolute Gasteiger partial charge is 0.399 e. The second kappa shape index (κ2) is 5.96. The van der Waals surface area contributed by atoms with Crippen LogP contribution in [0.25, 0.3) is 0 Å². The van der Waals surface area contributed by atoms with Crippen LogP contribution in [0.4, 0.5) is 15.8 Å². The van der Waals surface area contributed by atoms with E-state index in [9.17, 15) is 4.39 Å². The van der Waals surface area contributed by atoms with E-state index in [1.165, 1.54) is 11.6 Å². The fraction of sp³-hybridized carbons (Fsp3) is 0.438. The zero-order valence-corrected chi connectivity index (χ0v) is 13.1. The smallest absolute Gasteiger partial charge is 0.148 e. The molecule has 2 N–H and O–H groups in total. The maximum Gasteiger partial charge on any atom is 0.148 e. The van der Waals surface area contributed by atoms with E-state index in [1.54, 1.807) is 12.1 Å². The first-order chi connectivity index (χ1) is 10.5. The second-order valence-corrected chi connectivity index (χ2v) is 5.89. The zero-order chi connectivity index (χ0) is 15.7. The predicted octanol–water partition coefficient (Wildman–Crippen LogP) is 1.77. The van der Waals surface area contributed by atoms with Crippen LogP contribution in [0.3, 0.4) is 0 Å². The van der Waals surface area contributed by atoms with Crippen molar-refractivity contribution in [3.63, 3.8) is 0 Å². The van der Waals surface area contributed by atoms with Crippen molar-refractivity contribution in [1.29, 1.82) is 0 Å². The lowest BCUT2D eigenvalue weighted by Crippen LogP contribution is -2.46. The van der Waals surface area contributed by atoms with Crippen molar-refractivity contribution >= 4 is 11.4 Å². The third-order valence-electron chi connectivity index (χ3n) is 4.19. The van der Waals surface area contributed by atoms with Crippen LogP contribution in [-0.2, 0) is 13.6 Å². The molecule has 1 saturated heterocycles. The van der Waals surface area contributed by atoms with Gasteiger partial charge in [-0.05, 0) is 25.1 Å². The van der Waals surface area contributed by atoms with Crippen molar-refractivity contribution in [2.24, 2.45) is 7.05 Å². The number of benzene rings is 1. The topological polar surface area (TPSA) is 50.3 Å². The first-order valence-electron chi connectivity index (χ1n) is 7.54. The Morgan fingerprint density at radius 2 is 1.95 bits per heavy atom. The molecule has 1 aromatic carbocycles. The number of anilines is 2. The third kappa shape index (κ3) is 3.06. The molecule has 1 aliphatic rings. The first-order valence-corrected chi connectivity index (χ1v) is 7.54. The normalized spacial score (nSPS) is 16.2. The lowest BCUT2D eigenvalue weighted by atomic mass is 10.2. The Kier molecular flexibility index (Phi) is 4.02. The number of aromatic nitrogens is 2. The van der Waals surface area contributed by atoms with Gasteiger partial charge in [0.1, 0.15) is 5.82 Å². The molecule has 1 fully saturated rings. The molecule has 6 heteroatoms. The van der Waals surface area contributed by atoms with Gasteiger partial charge < -0.3 is 10.6 Å². The maximum absolute atomic E-state index is 14.0. The van der Waals surface area contributed by atoms with Crippen LogP contribution in [0.5, 0.6) is 0 Å². The Morgan fingerprint density at radius 3 is 2.55 bits per heavy atom. The summed E-state index contributed by atoms with van der Waals surface area (Å²) in [5, 5.41) is 4.38. The Hall–Kier alpha value is -2.08. The van der Waals surface area contributed by atoms with Crippen molar-refractivity contribution in [1.82, 2.24) is 14.7 Å². The van der Waals surface area contributed by atoms with E-state index in [1.807, 2.05) is 18.7 Å². The van der Waals surface area contributed by atoms with Crippen LogP contribution in [0.15, 0.2) is 24.4 Å². The second-order valence-electron chi connectivity index (χ2n) is 5.89. The molecule has 1 aliphatic heterocycles. The van der Waals surface area contributed by atoms with Gasteiger partial charge in [0, 0.05) is 57.2 Å². The summed E-state index contributed by atoms with van der Waals surface area (Å²) in [6, 6.07) is 4.91. The number of aryl methyl sites for hydroxylation is 2. The van der Waals surface area contributed by atoms with Gasteiger partial charge in [0.05, 0.1) is 11.4 Å². The molecule has 0 aliphatic carbocycles. The molecular formula is C16H22FN5. The highest BCUT2D eigenvalue weighted by Crippen LogP contribution is 2.23. The zero-order valence-electron chi connectivity index (χ0n) is 13.1. The van der Waals surface area contributed by atoms with Gasteiger partial charge in [0.25, 0.3) is 0 Å². The Balaban J connectivity index is 1.61. The molecule has 2 heterocycles. The Labute approximate surface area is 130 Å². The van der Waals surface area contributed by atoms with Gasteiger partial charge in [0.2, 0.25) is 0 Å². The fourth-order valence-electron chi connectivity index (χ4n) is 2.97. The molecule has 3 rings (SSSR count). The highest BCUT2D eigenvalue weighted by Gasteiger charge is 2.20. The van der Waals surface area contributed by atoms with E-state index in [-0.39, 0.29) is 5.82 Å². The van der Waals surface area contributed by atoms with Crippen molar-refractivity contribution in [2.75, 3.05) is 36.8 Å². The van der Waals surface area contributed by atoms with Crippen LogP contribution in [0, 0.1) is 12.7 Å². The number of halogens is 1. The van der Waals surface area contributed by atoms with Crippen molar-refractivity contribution in [3.8, 4) is 0 Å². The van der Waals surface area contributed by atoms with Gasteiger partial charge in [-0.25, -0.2) is 4.39 Å². The minimum absolute atomic E-state index is 0.239. The fourth-order valence-corrected chi connectivity index (χ4v) is 2.97. The molecule has 1 aromatic heterocycles. The van der Waals surface area contributed by atoms with E-state index in [0.717, 1.165) is 38.4 Å². The van der Waals surface area contributed by atoms with E-state index in [0.29, 0.717) is 11.4 Å². The van der Waals surface area contributed by atoms with Gasteiger partial charge >= 0.3 is 0 Å². The summed E-state index contributed by atoms with van der Waals surface area (Å²) in [5.74, 6) is -0.239. The van der Waals surface area contributed by atoms with Crippen LogP contribution >= 0.6 is 0 Å². The van der Waals surface area contributed by atoms with Crippen molar-refractivity contribution < 1.29 is 4.39 Å². The molecule has 0 unspecified atom stereocenters. The molecule has 0 saturated carbocycles. The van der Waals surface area contributed by atoms with Crippen molar-refractivity contribution in [3.05, 3.63) is 41.5 Å². The molecule has 2 aromatic rings. The SMILES string of the molecule is Cc1nn(C)cc1CN1CCN(c2ccc(N)cc2F)CC1. The van der Waals surface area contributed by atoms with Crippen LogP contribution in [0.1, 0.15) is 11.3 Å². The standard InChI is InChI=1S/C16H22FN5/c1-12-13(10-20(2)19-12)11-21-5-7-22(8-6-21)16-4-3-14(18)9-15(16)17/h3-4,9-10H,5-8,11,18H2,1-2H3. The van der Waals surface area contributed by atoms with Gasteiger partial charge in [-0.2, -0.15) is 5.10 Å². The van der Waals surface area contributed by atoms with Crippen LogP contribution in [0.2, 0.25) is 0 Å². The van der Waals surface area contributed by atoms with Crippen LogP contribution in [-0.4, -0.2) is 40.9 Å². The number of nitrogens with zero attached hydrogens (tertiary/aromatic N) is 4. The molecule has 0 atom stereocenters. The summed E-state index contributed by atoms with van der Waals surface area (Å²) in [7, 11) is 1.94. The summed E-state index contributed by atoms with van der Waals surface area (Å²) in [4.78, 5) is 4.47. The maximum atomic E-state index is 14.0. The monoisotopic (exact) mass is 303 g/mol. The molecule has 0 spiro atoms. The summed E-state index contributed by atoms with van der Waals surface area (Å²) in [5.41, 5.74) is 9.05. The van der Waals surface area contributed by atoms with E-state index < -0.39 is 0 Å². The van der Waals surface area contributed by atoms with Gasteiger partial charge in [-0.1, -0.05) is 0 Å². The van der Waals surface area contributed by atoms with Crippen molar-refractivity contribution in [2.45, 2.75) is 13.5 Å². The summed E-state index contributed by atoms with van der Waals surface area (Å²) in [6.45, 7) is 6.41. The van der Waals surface area contributed by atoms with Gasteiger partial charge in [0.15, 0.2) is 0 Å². The summed E-state index contributed by atoms with van der Waals surface area (Å²) in [6.07, 6.45) is 2.07. The molecule has 0 radical (unpaired) electrons. The first kappa shape index (κ1) is 14.8. The third-order valence-corrected chi connectivity index (χ3v) is 4.19. The number of rotatable bonds is 3. The highest BCUT2D eigenvalue weighted by atomic mass is 19.1. The molecule has 22 heavy (non-hydrogen) atoms. The van der Waals surface area contributed by atoms with Gasteiger partial charge in [-0.3, -0.25) is 9.58 Å². The Morgan fingerprint density at radius 1 is 1.23 bits per heavy atom. The average molecular weight is 303 g/mol. The van der Waals surface area contributed by atoms with E-state index in [2.05, 4.69) is 21.1 Å². The molecular weight excluding hydrogens is 281 g/mol. The molecule has 118 valence electrons. The van der Waals surface area contributed by atoms with E-state index in [4.69, 9.17) is 5.73 Å². The Bertz CT molecular complexity index is 659. The number of piperazine rings is 1. The lowest BCUT2D eigenvalue weighted by Gasteiger charge is -2.36. The average Bonchev–Trinajstić information content (AvgIpc) is 2.78. The highest BCUT2D eigenvalue weighted by molar-refractivity contribution is 5.54. The van der Waals surface area contributed by atoms with Gasteiger partial charge in [-0.15, -0.1) is 0 Å². The summed E-state index contributed by atoms with van der Waals surface area (Å²) >= 11 is 0. The summed E-state index contributed by atoms with van der Waals surface area (Å²) < 4.78 is 15.8. The minimum atomic E-state index is -0.239. The predicted molar refractivity (Wildman–Crippen MR) is 86.2 cm³/mol. The number of hydrogen-bond donors (Lipinski definition) is 1. The molecule has 5 nitrogen and oxygen atoms in total. The minimum Gasteiger partial charge on any atom is -0.399 e. The van der Waals surface area contributed by atoms with E-state index >= 15 is 0 Å². The lowest BCUT2D eigenvalue weighted by molar-refractivity contribution is 0.249. The number of nitrogen functional groups attached to an aromatic ring is 1. The quantitative estimate of drug-likeness (QED) is 0.878. The van der Waals surface area contributed by atoms with Crippen LogP contribution < -0.4 is 10.6 Å². The molecule has 0 bridgehead atoms. The molecule has 0 amide bonds.